The highest BCUT2D eigenvalue weighted by molar-refractivity contribution is 6.31. The molecular weight excluding hydrogens is 461 g/mol. The molecule has 1 atom stereocenters. The van der Waals surface area contributed by atoms with Crippen LogP contribution in [-0.4, -0.2) is 41.0 Å². The second kappa shape index (κ2) is 10.2. The van der Waals surface area contributed by atoms with Crippen molar-refractivity contribution in [3.8, 4) is 11.1 Å². The normalized spacial score (nSPS) is 15.5. The Hall–Kier alpha value is -3.43. The highest BCUT2D eigenvalue weighted by atomic mass is 35.5. The van der Waals surface area contributed by atoms with Gasteiger partial charge in [0.05, 0.1) is 29.5 Å². The molecule has 0 radical (unpaired) electrons. The fourth-order valence-corrected chi connectivity index (χ4v) is 4.00. The first-order valence-electron chi connectivity index (χ1n) is 10.8. The van der Waals surface area contributed by atoms with E-state index >= 15 is 0 Å². The van der Waals surface area contributed by atoms with Crippen molar-refractivity contribution >= 4 is 29.3 Å². The zero-order chi connectivity index (χ0) is 24.2. The van der Waals surface area contributed by atoms with E-state index in [1.807, 2.05) is 31.3 Å². The summed E-state index contributed by atoms with van der Waals surface area (Å²) in [4.78, 5) is 24.6. The number of ether oxygens (including phenoxy) is 1. The molecule has 2 aromatic carbocycles. The summed E-state index contributed by atoms with van der Waals surface area (Å²) in [7, 11) is 1.82. The number of nitrogens with zero attached hydrogens (tertiary/aromatic N) is 3. The average Bonchev–Trinajstić information content (AvgIpc) is 3.33. The molecule has 1 aromatic heterocycles. The summed E-state index contributed by atoms with van der Waals surface area (Å²) >= 11 is 6.12. The minimum absolute atomic E-state index is 0.204. The molecule has 1 saturated heterocycles. The molecule has 1 fully saturated rings. The van der Waals surface area contributed by atoms with Crippen LogP contribution < -0.4 is 15.5 Å². The Morgan fingerprint density at radius 3 is 2.65 bits per heavy atom. The van der Waals surface area contributed by atoms with Gasteiger partial charge in [0.2, 0.25) is 5.91 Å². The number of rotatable bonds is 8. The van der Waals surface area contributed by atoms with Gasteiger partial charge in [-0.05, 0) is 29.3 Å². The van der Waals surface area contributed by atoms with Crippen LogP contribution in [0.3, 0.4) is 0 Å². The van der Waals surface area contributed by atoms with Gasteiger partial charge in [0.15, 0.2) is 0 Å². The van der Waals surface area contributed by atoms with E-state index in [-0.39, 0.29) is 19.0 Å². The van der Waals surface area contributed by atoms with Crippen molar-refractivity contribution in [1.29, 1.82) is 0 Å². The molecule has 2 heterocycles. The number of halogens is 2. The van der Waals surface area contributed by atoms with E-state index in [9.17, 15) is 14.0 Å². The Balaban J connectivity index is 1.37. The van der Waals surface area contributed by atoms with Gasteiger partial charge in [-0.2, -0.15) is 5.10 Å². The van der Waals surface area contributed by atoms with E-state index in [0.29, 0.717) is 29.4 Å². The number of carbonyl (C=O) groups excluding carboxylic acids is 2. The van der Waals surface area contributed by atoms with E-state index in [2.05, 4.69) is 15.7 Å². The number of hydrogen-bond acceptors (Lipinski definition) is 5. The molecule has 1 aliphatic heterocycles. The molecule has 0 saturated carbocycles. The second-order valence-corrected chi connectivity index (χ2v) is 8.52. The summed E-state index contributed by atoms with van der Waals surface area (Å²) in [6, 6.07) is 12.2. The topological polar surface area (TPSA) is 88.5 Å². The van der Waals surface area contributed by atoms with Gasteiger partial charge in [-0.3, -0.25) is 14.4 Å². The number of cyclic esters (lactones) is 1. The largest absolute Gasteiger partial charge is 0.442 e. The fourth-order valence-electron chi connectivity index (χ4n) is 3.76. The lowest BCUT2D eigenvalue weighted by Crippen LogP contribution is -2.33. The lowest BCUT2D eigenvalue weighted by molar-refractivity contribution is -0.119. The molecule has 178 valence electrons. The molecular formula is C24H25ClFN5O3. The number of amides is 2. The Morgan fingerprint density at radius 2 is 2.00 bits per heavy atom. The molecule has 0 aliphatic carbocycles. The number of carbonyl (C=O) groups is 2. The monoisotopic (exact) mass is 485 g/mol. The summed E-state index contributed by atoms with van der Waals surface area (Å²) in [6.45, 7) is 3.01. The fraction of sp³-hybridized carbons (Fsp3) is 0.292. The van der Waals surface area contributed by atoms with Crippen molar-refractivity contribution in [3.05, 3.63) is 70.8 Å². The first kappa shape index (κ1) is 23.7. The third-order valence-corrected chi connectivity index (χ3v) is 5.77. The molecule has 8 nitrogen and oxygen atoms in total. The van der Waals surface area contributed by atoms with Crippen molar-refractivity contribution in [2.75, 3.05) is 18.0 Å². The lowest BCUT2D eigenvalue weighted by Gasteiger charge is -2.15. The smallest absolute Gasteiger partial charge is 0.414 e. The Kier molecular flexibility index (Phi) is 7.14. The van der Waals surface area contributed by atoms with E-state index in [1.54, 1.807) is 23.0 Å². The van der Waals surface area contributed by atoms with Crippen LogP contribution in [0.15, 0.2) is 48.7 Å². The van der Waals surface area contributed by atoms with Crippen LogP contribution in [0.25, 0.3) is 11.1 Å². The molecule has 1 aliphatic rings. The van der Waals surface area contributed by atoms with Crippen LogP contribution in [0.5, 0.6) is 0 Å². The number of aromatic nitrogens is 2. The average molecular weight is 486 g/mol. The van der Waals surface area contributed by atoms with Gasteiger partial charge in [-0.1, -0.05) is 35.9 Å². The molecule has 4 rings (SSSR count). The van der Waals surface area contributed by atoms with E-state index in [0.717, 1.165) is 16.8 Å². The van der Waals surface area contributed by atoms with Gasteiger partial charge in [-0.15, -0.1) is 0 Å². The quantitative estimate of drug-likeness (QED) is 0.508. The summed E-state index contributed by atoms with van der Waals surface area (Å²) < 4.78 is 21.8. The molecule has 3 aromatic rings. The van der Waals surface area contributed by atoms with Gasteiger partial charge >= 0.3 is 6.09 Å². The Bertz CT molecular complexity index is 1200. The van der Waals surface area contributed by atoms with Crippen molar-refractivity contribution in [2.24, 2.45) is 7.05 Å². The third-order valence-electron chi connectivity index (χ3n) is 5.46. The maximum absolute atomic E-state index is 14.9. The van der Waals surface area contributed by atoms with Crippen LogP contribution in [0.4, 0.5) is 14.9 Å². The van der Waals surface area contributed by atoms with Crippen LogP contribution in [0.1, 0.15) is 18.2 Å². The number of nitrogens with one attached hydrogen (secondary N) is 2. The molecule has 0 bridgehead atoms. The molecule has 2 amide bonds. The van der Waals surface area contributed by atoms with Gasteiger partial charge < -0.3 is 15.4 Å². The predicted octanol–water partition coefficient (Wildman–Crippen LogP) is 3.63. The van der Waals surface area contributed by atoms with Crippen molar-refractivity contribution in [2.45, 2.75) is 26.1 Å². The van der Waals surface area contributed by atoms with E-state index in [1.165, 1.54) is 17.9 Å². The van der Waals surface area contributed by atoms with E-state index in [4.69, 9.17) is 16.3 Å². The summed E-state index contributed by atoms with van der Waals surface area (Å²) in [5, 5.41) is 10.8. The maximum atomic E-state index is 14.9. The number of anilines is 1. The number of hydrogen-bond donors (Lipinski definition) is 2. The number of aryl methyl sites for hydroxylation is 1. The summed E-state index contributed by atoms with van der Waals surface area (Å²) in [5.41, 5.74) is 3.40. The predicted molar refractivity (Wildman–Crippen MR) is 127 cm³/mol. The number of benzene rings is 2. The zero-order valence-electron chi connectivity index (χ0n) is 18.8. The lowest BCUT2D eigenvalue weighted by atomic mass is 10.0. The second-order valence-electron chi connectivity index (χ2n) is 8.12. The minimum Gasteiger partial charge on any atom is -0.442 e. The van der Waals surface area contributed by atoms with Gasteiger partial charge in [0.25, 0.3) is 0 Å². The van der Waals surface area contributed by atoms with Crippen LogP contribution in [-0.2, 0) is 29.7 Å². The van der Waals surface area contributed by atoms with Crippen molar-refractivity contribution in [3.63, 3.8) is 0 Å². The highest BCUT2D eigenvalue weighted by Crippen LogP contribution is 2.29. The molecule has 2 N–H and O–H groups in total. The highest BCUT2D eigenvalue weighted by Gasteiger charge is 2.32. The zero-order valence-corrected chi connectivity index (χ0v) is 19.6. The summed E-state index contributed by atoms with van der Waals surface area (Å²) in [5.74, 6) is -0.643. The summed E-state index contributed by atoms with van der Waals surface area (Å²) in [6.07, 6.45) is 0.713. The SMILES string of the molecule is CC(=O)NCC1CN(c2ccc(-c3ccc(CNCc4nn(C)cc4Cl)cc3)c(F)c2)C(=O)O1. The molecule has 34 heavy (non-hydrogen) atoms. The first-order valence-corrected chi connectivity index (χ1v) is 11.2. The first-order chi connectivity index (χ1) is 16.3. The third kappa shape index (κ3) is 5.55. The minimum atomic E-state index is -0.564. The van der Waals surface area contributed by atoms with Gasteiger partial charge in [0.1, 0.15) is 11.9 Å². The molecule has 1 unspecified atom stereocenters. The molecule has 10 heteroatoms. The maximum Gasteiger partial charge on any atom is 0.414 e. The Labute approximate surface area is 201 Å². The van der Waals surface area contributed by atoms with Crippen molar-refractivity contribution < 1.29 is 18.7 Å². The van der Waals surface area contributed by atoms with E-state index < -0.39 is 18.0 Å². The van der Waals surface area contributed by atoms with Crippen molar-refractivity contribution in [1.82, 2.24) is 20.4 Å². The van der Waals surface area contributed by atoms with Crippen LogP contribution in [0.2, 0.25) is 5.02 Å². The molecule has 0 spiro atoms. The van der Waals surface area contributed by atoms with Gasteiger partial charge in [0, 0.05) is 38.8 Å². The van der Waals surface area contributed by atoms with Crippen LogP contribution >= 0.6 is 11.6 Å². The standard InChI is InChI=1S/C24H25ClFN5O3/c1-15(32)28-11-19-13-31(24(33)34-19)18-7-8-20(22(26)9-18)17-5-3-16(4-6-17)10-27-12-23-21(25)14-30(2)29-23/h3-9,14,19,27H,10-13H2,1-2H3,(H,28,32). The Morgan fingerprint density at radius 1 is 1.24 bits per heavy atom. The van der Waals surface area contributed by atoms with Crippen LogP contribution in [0, 0.1) is 5.82 Å². The van der Waals surface area contributed by atoms with Gasteiger partial charge in [-0.25, -0.2) is 9.18 Å².